The number of aromatic nitrogens is 1. The third-order valence-electron chi connectivity index (χ3n) is 6.10. The van der Waals surface area contributed by atoms with Crippen LogP contribution in [0.4, 0.5) is 5.69 Å². The van der Waals surface area contributed by atoms with Gasteiger partial charge in [0.1, 0.15) is 5.75 Å². The molecule has 3 aromatic rings. The second-order valence-corrected chi connectivity index (χ2v) is 8.14. The van der Waals surface area contributed by atoms with Gasteiger partial charge in [-0.1, -0.05) is 25.1 Å². The maximum Gasteiger partial charge on any atom is 0.221 e. The van der Waals surface area contributed by atoms with Crippen molar-refractivity contribution in [2.45, 2.75) is 39.0 Å². The number of fused-ring (bicyclic) bond motifs is 1. The van der Waals surface area contributed by atoms with E-state index in [1.807, 2.05) is 6.20 Å². The van der Waals surface area contributed by atoms with Crippen molar-refractivity contribution >= 4 is 22.5 Å². The van der Waals surface area contributed by atoms with Crippen LogP contribution in [0.5, 0.6) is 5.75 Å². The number of piperidine rings is 1. The Balaban J connectivity index is 1.31. The fourth-order valence-electron chi connectivity index (χ4n) is 4.32. The Hall–Kier alpha value is -2.79. The SMILES string of the molecule is CCN1CCC(c2ccc(OCCc3ccc4[nH]cc(NC(C)=O)c4c3)cc2)CC1. The summed E-state index contributed by atoms with van der Waals surface area (Å²) < 4.78 is 5.99. The van der Waals surface area contributed by atoms with Crippen molar-refractivity contribution in [3.05, 3.63) is 59.8 Å². The highest BCUT2D eigenvalue weighted by Gasteiger charge is 2.19. The standard InChI is InChI=1S/C25H31N3O2/c1-3-28-13-10-21(11-14-28)20-5-7-22(8-6-20)30-15-12-19-4-9-24-23(16-19)25(17-26-24)27-18(2)29/h4-9,16-17,21,26H,3,10-15H2,1-2H3,(H,27,29). The smallest absolute Gasteiger partial charge is 0.221 e. The Morgan fingerprint density at radius 2 is 1.93 bits per heavy atom. The number of amides is 1. The lowest BCUT2D eigenvalue weighted by Gasteiger charge is -2.31. The van der Waals surface area contributed by atoms with E-state index < -0.39 is 0 Å². The van der Waals surface area contributed by atoms with Crippen molar-refractivity contribution in [3.8, 4) is 5.75 Å². The van der Waals surface area contributed by atoms with E-state index in [2.05, 4.69) is 64.6 Å². The zero-order valence-electron chi connectivity index (χ0n) is 17.9. The van der Waals surface area contributed by atoms with Crippen LogP contribution in [-0.4, -0.2) is 42.0 Å². The number of hydrogen-bond donors (Lipinski definition) is 2. The van der Waals surface area contributed by atoms with Crippen LogP contribution in [0.1, 0.15) is 43.7 Å². The minimum absolute atomic E-state index is 0.0657. The fraction of sp³-hybridized carbons (Fsp3) is 0.400. The lowest BCUT2D eigenvalue weighted by atomic mass is 9.89. The number of aromatic amines is 1. The van der Waals surface area contributed by atoms with Gasteiger partial charge in [0, 0.05) is 30.4 Å². The minimum Gasteiger partial charge on any atom is -0.493 e. The summed E-state index contributed by atoms with van der Waals surface area (Å²) in [5.74, 6) is 1.53. The van der Waals surface area contributed by atoms with E-state index in [0.29, 0.717) is 12.5 Å². The maximum absolute atomic E-state index is 11.4. The molecule has 1 aliphatic heterocycles. The van der Waals surface area contributed by atoms with Gasteiger partial charge in [0.2, 0.25) is 5.91 Å². The van der Waals surface area contributed by atoms with Crippen LogP contribution in [0, 0.1) is 0 Å². The quantitative estimate of drug-likeness (QED) is 0.585. The second kappa shape index (κ2) is 9.35. The Labute approximate surface area is 178 Å². The summed E-state index contributed by atoms with van der Waals surface area (Å²) in [6, 6.07) is 14.9. The van der Waals surface area contributed by atoms with Crippen molar-refractivity contribution in [3.63, 3.8) is 0 Å². The van der Waals surface area contributed by atoms with Gasteiger partial charge < -0.3 is 19.9 Å². The maximum atomic E-state index is 11.4. The molecule has 2 N–H and O–H groups in total. The lowest BCUT2D eigenvalue weighted by molar-refractivity contribution is -0.114. The van der Waals surface area contributed by atoms with Gasteiger partial charge in [-0.25, -0.2) is 0 Å². The third kappa shape index (κ3) is 4.85. The van der Waals surface area contributed by atoms with E-state index in [4.69, 9.17) is 4.74 Å². The van der Waals surface area contributed by atoms with E-state index >= 15 is 0 Å². The first-order chi connectivity index (χ1) is 14.6. The Kier molecular flexibility index (Phi) is 6.38. The van der Waals surface area contributed by atoms with E-state index in [-0.39, 0.29) is 5.91 Å². The highest BCUT2D eigenvalue weighted by molar-refractivity contribution is 6.01. The summed E-state index contributed by atoms with van der Waals surface area (Å²) in [4.78, 5) is 17.1. The van der Waals surface area contributed by atoms with Crippen molar-refractivity contribution in [2.75, 3.05) is 31.6 Å². The molecule has 5 nitrogen and oxygen atoms in total. The summed E-state index contributed by atoms with van der Waals surface area (Å²) in [5.41, 5.74) is 4.46. The molecule has 0 atom stereocenters. The molecule has 0 saturated carbocycles. The molecule has 0 unspecified atom stereocenters. The van der Waals surface area contributed by atoms with Gasteiger partial charge in [-0.15, -0.1) is 0 Å². The number of nitrogens with one attached hydrogen (secondary N) is 2. The molecule has 4 rings (SSSR count). The first kappa shape index (κ1) is 20.5. The molecule has 0 radical (unpaired) electrons. The number of benzene rings is 2. The van der Waals surface area contributed by atoms with Gasteiger partial charge in [-0.05, 0) is 73.8 Å². The Morgan fingerprint density at radius 1 is 1.17 bits per heavy atom. The van der Waals surface area contributed by atoms with Crippen LogP contribution in [0.25, 0.3) is 10.9 Å². The predicted octanol–water partition coefficient (Wildman–Crippen LogP) is 4.95. The Bertz CT molecular complexity index is 985. The van der Waals surface area contributed by atoms with Crippen molar-refractivity contribution in [2.24, 2.45) is 0 Å². The summed E-state index contributed by atoms with van der Waals surface area (Å²) >= 11 is 0. The van der Waals surface area contributed by atoms with Gasteiger partial charge in [-0.3, -0.25) is 4.79 Å². The predicted molar refractivity (Wildman–Crippen MR) is 122 cm³/mol. The van der Waals surface area contributed by atoms with E-state index in [1.165, 1.54) is 44.0 Å². The molecular weight excluding hydrogens is 374 g/mol. The normalized spacial score (nSPS) is 15.4. The monoisotopic (exact) mass is 405 g/mol. The molecule has 5 heteroatoms. The van der Waals surface area contributed by atoms with E-state index in [0.717, 1.165) is 35.3 Å². The fourth-order valence-corrected chi connectivity index (χ4v) is 4.32. The summed E-state index contributed by atoms with van der Waals surface area (Å²) in [5, 5.41) is 3.90. The van der Waals surface area contributed by atoms with Gasteiger partial charge in [-0.2, -0.15) is 0 Å². The molecule has 2 aromatic carbocycles. The van der Waals surface area contributed by atoms with Gasteiger partial charge in [0.05, 0.1) is 12.3 Å². The number of nitrogens with zero attached hydrogens (tertiary/aromatic N) is 1. The van der Waals surface area contributed by atoms with Crippen molar-refractivity contribution < 1.29 is 9.53 Å². The first-order valence-electron chi connectivity index (χ1n) is 10.9. The molecular formula is C25H31N3O2. The molecule has 158 valence electrons. The zero-order chi connectivity index (χ0) is 20.9. The molecule has 1 amide bonds. The average molecular weight is 406 g/mol. The molecule has 1 aromatic heterocycles. The van der Waals surface area contributed by atoms with Crippen molar-refractivity contribution in [1.82, 2.24) is 9.88 Å². The van der Waals surface area contributed by atoms with Gasteiger partial charge in [0.25, 0.3) is 0 Å². The molecule has 0 aliphatic carbocycles. The summed E-state index contributed by atoms with van der Waals surface area (Å²) in [7, 11) is 0. The molecule has 2 heterocycles. The van der Waals surface area contributed by atoms with Crippen LogP contribution in [-0.2, 0) is 11.2 Å². The molecule has 0 bridgehead atoms. The summed E-state index contributed by atoms with van der Waals surface area (Å²) in [6.07, 6.45) is 5.14. The topological polar surface area (TPSA) is 57.4 Å². The largest absolute Gasteiger partial charge is 0.493 e. The first-order valence-corrected chi connectivity index (χ1v) is 10.9. The van der Waals surface area contributed by atoms with Crippen LogP contribution >= 0.6 is 0 Å². The average Bonchev–Trinajstić information content (AvgIpc) is 3.16. The number of likely N-dealkylation sites (tertiary alicyclic amines) is 1. The van der Waals surface area contributed by atoms with Crippen molar-refractivity contribution in [1.29, 1.82) is 0 Å². The zero-order valence-corrected chi connectivity index (χ0v) is 17.9. The van der Waals surface area contributed by atoms with E-state index in [9.17, 15) is 4.79 Å². The molecule has 1 aliphatic rings. The van der Waals surface area contributed by atoms with Gasteiger partial charge in [0.15, 0.2) is 0 Å². The number of carbonyl (C=O) groups excluding carboxylic acids is 1. The number of hydrogen-bond acceptors (Lipinski definition) is 3. The highest BCUT2D eigenvalue weighted by Crippen LogP contribution is 2.29. The number of carbonyl (C=O) groups is 1. The highest BCUT2D eigenvalue weighted by atomic mass is 16.5. The summed E-state index contributed by atoms with van der Waals surface area (Å²) in [6.45, 7) is 7.95. The Morgan fingerprint density at radius 3 is 2.63 bits per heavy atom. The minimum atomic E-state index is -0.0657. The number of ether oxygens (including phenoxy) is 1. The van der Waals surface area contributed by atoms with Crippen LogP contribution in [0.3, 0.4) is 0 Å². The lowest BCUT2D eigenvalue weighted by Crippen LogP contribution is -2.32. The second-order valence-electron chi connectivity index (χ2n) is 8.14. The number of H-pyrrole nitrogens is 1. The molecule has 1 saturated heterocycles. The molecule has 30 heavy (non-hydrogen) atoms. The van der Waals surface area contributed by atoms with E-state index in [1.54, 1.807) is 0 Å². The number of rotatable bonds is 7. The molecule has 1 fully saturated rings. The number of anilines is 1. The molecule has 0 spiro atoms. The van der Waals surface area contributed by atoms with Crippen LogP contribution < -0.4 is 10.1 Å². The third-order valence-corrected chi connectivity index (χ3v) is 6.10. The van der Waals surface area contributed by atoms with Gasteiger partial charge >= 0.3 is 0 Å². The van der Waals surface area contributed by atoms with Crippen LogP contribution in [0.2, 0.25) is 0 Å². The van der Waals surface area contributed by atoms with Crippen LogP contribution in [0.15, 0.2) is 48.7 Å².